The highest BCUT2D eigenvalue weighted by atomic mass is 32.2. The molecule has 2 aliphatic rings. The van der Waals surface area contributed by atoms with Crippen LogP contribution in [0.5, 0.6) is 6.01 Å². The van der Waals surface area contributed by atoms with E-state index in [-0.39, 0.29) is 23.4 Å². The SMILES string of the molecule is COc1nc(CCc2ccc(C(C)(C)C)cc2)c(C)c(C(=O)N2CCC(N3CCC(N(C)S(C)(=O)=O)CC3)CC2)n1. The number of sulfonamides is 1. The molecule has 4 rings (SSSR count). The normalized spacial score (nSPS) is 18.2. The topological polar surface area (TPSA) is 95.9 Å². The van der Waals surface area contributed by atoms with Gasteiger partial charge in [-0.1, -0.05) is 45.0 Å². The Morgan fingerprint density at radius 2 is 1.61 bits per heavy atom. The highest BCUT2D eigenvalue weighted by molar-refractivity contribution is 7.88. The molecule has 0 saturated carbocycles. The van der Waals surface area contributed by atoms with Crippen molar-refractivity contribution in [2.75, 3.05) is 46.6 Å². The second kappa shape index (κ2) is 12.8. The molecule has 9 nitrogen and oxygen atoms in total. The monoisotopic (exact) mass is 585 g/mol. The van der Waals surface area contributed by atoms with E-state index in [1.807, 2.05) is 11.8 Å². The summed E-state index contributed by atoms with van der Waals surface area (Å²) in [6.45, 7) is 11.7. The van der Waals surface area contributed by atoms with E-state index in [4.69, 9.17) is 4.74 Å². The van der Waals surface area contributed by atoms with E-state index in [0.29, 0.717) is 31.2 Å². The summed E-state index contributed by atoms with van der Waals surface area (Å²) in [5.41, 5.74) is 4.75. The maximum Gasteiger partial charge on any atom is 0.317 e. The molecule has 226 valence electrons. The lowest BCUT2D eigenvalue weighted by Gasteiger charge is -2.43. The number of methoxy groups -OCH3 is 1. The molecular weight excluding hydrogens is 538 g/mol. The molecule has 2 aromatic rings. The fourth-order valence-electron chi connectivity index (χ4n) is 5.99. The number of aryl methyl sites for hydroxylation is 2. The third kappa shape index (κ3) is 7.64. The van der Waals surface area contributed by atoms with Crippen LogP contribution in [0.4, 0.5) is 0 Å². The number of nitrogens with zero attached hydrogens (tertiary/aromatic N) is 5. The number of likely N-dealkylation sites (tertiary alicyclic amines) is 2. The van der Waals surface area contributed by atoms with Gasteiger partial charge in [0.2, 0.25) is 10.0 Å². The smallest absolute Gasteiger partial charge is 0.317 e. The number of piperidine rings is 2. The number of hydrogen-bond acceptors (Lipinski definition) is 7. The molecule has 0 radical (unpaired) electrons. The molecule has 1 aromatic carbocycles. The van der Waals surface area contributed by atoms with Crippen LogP contribution in [0.25, 0.3) is 0 Å². The van der Waals surface area contributed by atoms with Gasteiger partial charge in [-0.25, -0.2) is 12.7 Å². The van der Waals surface area contributed by atoms with Crippen LogP contribution in [0.15, 0.2) is 24.3 Å². The molecule has 1 amide bonds. The number of carbonyl (C=O) groups is 1. The van der Waals surface area contributed by atoms with Gasteiger partial charge in [0.05, 0.1) is 19.1 Å². The minimum Gasteiger partial charge on any atom is -0.467 e. The molecule has 1 aromatic heterocycles. The van der Waals surface area contributed by atoms with Gasteiger partial charge in [0.1, 0.15) is 5.69 Å². The number of hydrogen-bond donors (Lipinski definition) is 0. The number of benzene rings is 1. The zero-order valence-electron chi connectivity index (χ0n) is 25.8. The van der Waals surface area contributed by atoms with E-state index in [0.717, 1.165) is 56.5 Å². The van der Waals surface area contributed by atoms with E-state index in [1.54, 1.807) is 7.05 Å². The lowest BCUT2D eigenvalue weighted by Crippen LogP contribution is -2.52. The summed E-state index contributed by atoms with van der Waals surface area (Å²) in [5, 5.41) is 0. The van der Waals surface area contributed by atoms with Gasteiger partial charge in [0.25, 0.3) is 5.91 Å². The molecule has 0 N–H and O–H groups in total. The second-order valence-electron chi connectivity index (χ2n) is 12.6. The molecule has 41 heavy (non-hydrogen) atoms. The van der Waals surface area contributed by atoms with Crippen molar-refractivity contribution in [1.29, 1.82) is 0 Å². The first kappa shape index (κ1) is 31.4. The number of carbonyl (C=O) groups excluding carboxylic acids is 1. The Kier molecular flexibility index (Phi) is 9.76. The first-order valence-electron chi connectivity index (χ1n) is 14.7. The molecule has 0 atom stereocenters. The number of aromatic nitrogens is 2. The van der Waals surface area contributed by atoms with E-state index in [2.05, 4.69) is 59.9 Å². The van der Waals surface area contributed by atoms with Gasteiger partial charge in [0.15, 0.2) is 0 Å². The van der Waals surface area contributed by atoms with Gasteiger partial charge in [0, 0.05) is 37.8 Å². The molecule has 10 heteroatoms. The predicted molar refractivity (Wildman–Crippen MR) is 162 cm³/mol. The zero-order valence-corrected chi connectivity index (χ0v) is 26.6. The quantitative estimate of drug-likeness (QED) is 0.465. The van der Waals surface area contributed by atoms with Crippen LogP contribution in [0.1, 0.15) is 79.3 Å². The summed E-state index contributed by atoms with van der Waals surface area (Å²) in [6, 6.07) is 9.44. The summed E-state index contributed by atoms with van der Waals surface area (Å²) in [7, 11) is 0.0450. The predicted octanol–water partition coefficient (Wildman–Crippen LogP) is 3.84. The summed E-state index contributed by atoms with van der Waals surface area (Å²) in [4.78, 5) is 27.1. The molecule has 0 aliphatic carbocycles. The third-order valence-electron chi connectivity index (χ3n) is 8.89. The first-order valence-corrected chi connectivity index (χ1v) is 16.6. The summed E-state index contributed by atoms with van der Waals surface area (Å²) in [6.07, 6.45) is 6.27. The van der Waals surface area contributed by atoms with Crippen LogP contribution >= 0.6 is 0 Å². The molecular formula is C31H47N5O4S. The minimum absolute atomic E-state index is 0.0640. The van der Waals surface area contributed by atoms with E-state index in [1.165, 1.54) is 28.8 Å². The highest BCUT2D eigenvalue weighted by Crippen LogP contribution is 2.26. The van der Waals surface area contributed by atoms with Crippen molar-refractivity contribution in [2.24, 2.45) is 0 Å². The van der Waals surface area contributed by atoms with Crippen LogP contribution < -0.4 is 4.74 Å². The summed E-state index contributed by atoms with van der Waals surface area (Å²) in [5.74, 6) is -0.0640. The van der Waals surface area contributed by atoms with Crippen molar-refractivity contribution >= 4 is 15.9 Å². The minimum atomic E-state index is -3.17. The van der Waals surface area contributed by atoms with Crippen molar-refractivity contribution in [1.82, 2.24) is 24.1 Å². The van der Waals surface area contributed by atoms with Gasteiger partial charge in [-0.2, -0.15) is 9.97 Å². The van der Waals surface area contributed by atoms with Crippen molar-refractivity contribution in [3.05, 3.63) is 52.3 Å². The average molecular weight is 586 g/mol. The van der Waals surface area contributed by atoms with E-state index >= 15 is 0 Å². The largest absolute Gasteiger partial charge is 0.467 e. The summed E-state index contributed by atoms with van der Waals surface area (Å²) < 4.78 is 30.7. The van der Waals surface area contributed by atoms with Gasteiger partial charge in [-0.3, -0.25) is 4.79 Å². The molecule has 2 fully saturated rings. The Hall–Kier alpha value is -2.56. The van der Waals surface area contributed by atoms with Crippen LogP contribution in [0, 0.1) is 6.92 Å². The molecule has 0 bridgehead atoms. The Bertz CT molecular complexity index is 1310. The van der Waals surface area contributed by atoms with Gasteiger partial charge in [-0.05, 0) is 75.1 Å². The first-order chi connectivity index (χ1) is 19.3. The standard InChI is InChI=1S/C31H47N5O4S/c1-22-27(13-10-23-8-11-24(12-9-23)31(2,3)4)32-30(40-6)33-28(22)29(37)36-20-16-26(17-21-36)35-18-14-25(15-19-35)34(5)41(7,38)39/h8-9,11-12,25-26H,10,13-21H2,1-7H3. The second-order valence-corrected chi connectivity index (χ2v) is 14.7. The molecule has 0 spiro atoms. The van der Waals surface area contributed by atoms with Crippen molar-refractivity contribution in [3.63, 3.8) is 0 Å². The van der Waals surface area contributed by atoms with Crippen molar-refractivity contribution < 1.29 is 17.9 Å². The Balaban J connectivity index is 1.36. The Labute approximate surface area is 246 Å². The fourth-order valence-corrected chi connectivity index (χ4v) is 6.74. The maximum absolute atomic E-state index is 13.6. The number of rotatable bonds is 8. The van der Waals surface area contributed by atoms with E-state index < -0.39 is 10.0 Å². The molecule has 2 aliphatic heterocycles. The number of amides is 1. The fraction of sp³-hybridized carbons (Fsp3) is 0.645. The zero-order chi connectivity index (χ0) is 29.9. The van der Waals surface area contributed by atoms with Crippen molar-refractivity contribution in [3.8, 4) is 6.01 Å². The lowest BCUT2D eigenvalue weighted by atomic mass is 9.86. The number of ether oxygens (including phenoxy) is 1. The van der Waals surface area contributed by atoms with Crippen molar-refractivity contribution in [2.45, 2.75) is 83.7 Å². The average Bonchev–Trinajstić information content (AvgIpc) is 2.95. The Morgan fingerprint density at radius 3 is 2.15 bits per heavy atom. The lowest BCUT2D eigenvalue weighted by molar-refractivity contribution is 0.0541. The maximum atomic E-state index is 13.6. The summed E-state index contributed by atoms with van der Waals surface area (Å²) >= 11 is 0. The van der Waals surface area contributed by atoms with Gasteiger partial charge < -0.3 is 14.5 Å². The van der Waals surface area contributed by atoms with Gasteiger partial charge in [-0.15, -0.1) is 0 Å². The van der Waals surface area contributed by atoms with Gasteiger partial charge >= 0.3 is 6.01 Å². The molecule has 2 saturated heterocycles. The molecule has 3 heterocycles. The Morgan fingerprint density at radius 1 is 1.00 bits per heavy atom. The van der Waals surface area contributed by atoms with Crippen LogP contribution in [-0.4, -0.2) is 97.1 Å². The van der Waals surface area contributed by atoms with E-state index in [9.17, 15) is 13.2 Å². The highest BCUT2D eigenvalue weighted by Gasteiger charge is 2.33. The molecule has 0 unspecified atom stereocenters. The van der Waals surface area contributed by atoms with Crippen LogP contribution in [0.2, 0.25) is 0 Å². The third-order valence-corrected chi connectivity index (χ3v) is 10.2. The van der Waals surface area contributed by atoms with Crippen LogP contribution in [-0.2, 0) is 28.3 Å². The van der Waals surface area contributed by atoms with Crippen LogP contribution in [0.3, 0.4) is 0 Å².